The summed E-state index contributed by atoms with van der Waals surface area (Å²) in [5.74, 6) is 0.648. The normalized spacial score (nSPS) is 11.5. The van der Waals surface area contributed by atoms with Crippen LogP contribution in [0.4, 0.5) is 0 Å². The molecular formula is C22H18N2O3S. The zero-order chi connectivity index (χ0) is 19.6. The smallest absolute Gasteiger partial charge is 0.238 e. The van der Waals surface area contributed by atoms with Crippen molar-refractivity contribution in [1.82, 2.24) is 5.16 Å². The van der Waals surface area contributed by atoms with E-state index >= 15 is 0 Å². The maximum Gasteiger partial charge on any atom is 0.238 e. The Hall–Kier alpha value is -3.22. The van der Waals surface area contributed by atoms with Crippen molar-refractivity contribution in [3.8, 4) is 22.5 Å². The predicted octanol–water partition coefficient (Wildman–Crippen LogP) is 4.25. The summed E-state index contributed by atoms with van der Waals surface area (Å²) in [6, 6.07) is 26.2. The minimum Gasteiger partial charge on any atom is -0.355 e. The van der Waals surface area contributed by atoms with E-state index in [1.165, 1.54) is 12.1 Å². The summed E-state index contributed by atoms with van der Waals surface area (Å²) in [5, 5.41) is 9.54. The van der Waals surface area contributed by atoms with Crippen LogP contribution in [0.25, 0.3) is 22.5 Å². The van der Waals surface area contributed by atoms with Crippen LogP contribution >= 0.6 is 0 Å². The maximum absolute atomic E-state index is 11.6. The standard InChI is InChI=1S/C22H18N2O3S/c23-28(25,26)19-13-11-17(12-14-19)21-20(15-16-7-3-1-4-8-16)24-27-22(21)18-9-5-2-6-10-18/h1-14H,15H2,(H2,23,25,26). The van der Waals surface area contributed by atoms with Crippen LogP contribution in [0, 0.1) is 0 Å². The van der Waals surface area contributed by atoms with Gasteiger partial charge in [-0.3, -0.25) is 0 Å². The molecule has 0 saturated carbocycles. The van der Waals surface area contributed by atoms with E-state index in [9.17, 15) is 8.42 Å². The van der Waals surface area contributed by atoms with Gasteiger partial charge in [-0.1, -0.05) is 78.0 Å². The lowest BCUT2D eigenvalue weighted by molar-refractivity contribution is 0.425. The van der Waals surface area contributed by atoms with Crippen molar-refractivity contribution in [2.45, 2.75) is 11.3 Å². The van der Waals surface area contributed by atoms with Crippen LogP contribution in [0.5, 0.6) is 0 Å². The number of hydrogen-bond acceptors (Lipinski definition) is 4. The summed E-state index contributed by atoms with van der Waals surface area (Å²) in [4.78, 5) is 0.0681. The summed E-state index contributed by atoms with van der Waals surface area (Å²) in [6.07, 6.45) is 0.601. The van der Waals surface area contributed by atoms with Gasteiger partial charge in [0.1, 0.15) is 0 Å². The highest BCUT2D eigenvalue weighted by atomic mass is 32.2. The summed E-state index contributed by atoms with van der Waals surface area (Å²) in [5.41, 5.74) is 4.46. The molecule has 3 aromatic carbocycles. The number of aromatic nitrogens is 1. The first-order valence-corrected chi connectivity index (χ1v) is 10.3. The molecule has 0 aliphatic carbocycles. The largest absolute Gasteiger partial charge is 0.355 e. The highest BCUT2D eigenvalue weighted by Gasteiger charge is 2.20. The van der Waals surface area contributed by atoms with Gasteiger partial charge in [0.05, 0.1) is 16.2 Å². The first kappa shape index (κ1) is 18.2. The van der Waals surface area contributed by atoms with Crippen molar-refractivity contribution in [3.63, 3.8) is 0 Å². The van der Waals surface area contributed by atoms with Crippen molar-refractivity contribution in [1.29, 1.82) is 0 Å². The zero-order valence-corrected chi connectivity index (χ0v) is 15.8. The first-order chi connectivity index (χ1) is 13.5. The molecule has 0 amide bonds. The first-order valence-electron chi connectivity index (χ1n) is 8.73. The van der Waals surface area contributed by atoms with E-state index in [0.29, 0.717) is 12.2 Å². The molecule has 0 aliphatic heterocycles. The van der Waals surface area contributed by atoms with Crippen LogP contribution in [-0.2, 0) is 16.4 Å². The SMILES string of the molecule is NS(=O)(=O)c1ccc(-c2c(Cc3ccccc3)noc2-c2ccccc2)cc1. The quantitative estimate of drug-likeness (QED) is 0.552. The summed E-state index contributed by atoms with van der Waals surface area (Å²) < 4.78 is 28.9. The highest BCUT2D eigenvalue weighted by molar-refractivity contribution is 7.89. The third-order valence-corrected chi connectivity index (χ3v) is 5.41. The molecule has 0 spiro atoms. The molecule has 4 rings (SSSR count). The van der Waals surface area contributed by atoms with Gasteiger partial charge in [-0.15, -0.1) is 0 Å². The average Bonchev–Trinajstić information content (AvgIpc) is 3.12. The molecule has 0 unspecified atom stereocenters. The van der Waals surface area contributed by atoms with Gasteiger partial charge in [0.2, 0.25) is 10.0 Å². The van der Waals surface area contributed by atoms with Crippen molar-refractivity contribution in [2.75, 3.05) is 0 Å². The molecule has 6 heteroatoms. The molecule has 140 valence electrons. The Labute approximate surface area is 163 Å². The number of nitrogens with zero attached hydrogens (tertiary/aromatic N) is 1. The Bertz CT molecular complexity index is 1180. The summed E-state index contributed by atoms with van der Waals surface area (Å²) in [7, 11) is -3.75. The lowest BCUT2D eigenvalue weighted by atomic mass is 9.96. The second-order valence-corrected chi connectivity index (χ2v) is 7.99. The van der Waals surface area contributed by atoms with E-state index in [4.69, 9.17) is 9.66 Å². The minimum atomic E-state index is -3.75. The summed E-state index contributed by atoms with van der Waals surface area (Å²) in [6.45, 7) is 0. The van der Waals surface area contributed by atoms with Crippen LogP contribution < -0.4 is 5.14 Å². The Morgan fingerprint density at radius 3 is 2.00 bits per heavy atom. The second kappa shape index (κ2) is 7.42. The Morgan fingerprint density at radius 2 is 1.39 bits per heavy atom. The van der Waals surface area contributed by atoms with Gasteiger partial charge in [0, 0.05) is 12.0 Å². The highest BCUT2D eigenvalue weighted by Crippen LogP contribution is 2.36. The second-order valence-electron chi connectivity index (χ2n) is 6.43. The number of benzene rings is 3. The molecule has 0 bridgehead atoms. The molecule has 28 heavy (non-hydrogen) atoms. The summed E-state index contributed by atoms with van der Waals surface area (Å²) >= 11 is 0. The predicted molar refractivity (Wildman–Crippen MR) is 108 cm³/mol. The maximum atomic E-state index is 11.6. The van der Waals surface area contributed by atoms with Gasteiger partial charge in [-0.05, 0) is 23.3 Å². The van der Waals surface area contributed by atoms with Crippen molar-refractivity contribution >= 4 is 10.0 Å². The van der Waals surface area contributed by atoms with Gasteiger partial charge in [0.25, 0.3) is 0 Å². The molecule has 1 heterocycles. The number of rotatable bonds is 5. The van der Waals surface area contributed by atoms with Gasteiger partial charge in [-0.25, -0.2) is 13.6 Å². The number of primary sulfonamides is 1. The molecule has 2 N–H and O–H groups in total. The molecule has 0 radical (unpaired) electrons. The number of sulfonamides is 1. The molecule has 0 aliphatic rings. The van der Waals surface area contributed by atoms with Gasteiger partial charge >= 0.3 is 0 Å². The van der Waals surface area contributed by atoms with E-state index in [1.54, 1.807) is 12.1 Å². The molecule has 0 fully saturated rings. The lowest BCUT2D eigenvalue weighted by Gasteiger charge is -2.06. The van der Waals surface area contributed by atoms with E-state index in [1.807, 2.05) is 60.7 Å². The third-order valence-electron chi connectivity index (χ3n) is 4.48. The fourth-order valence-corrected chi connectivity index (χ4v) is 3.64. The molecule has 5 nitrogen and oxygen atoms in total. The molecule has 1 aromatic heterocycles. The van der Waals surface area contributed by atoms with E-state index in [-0.39, 0.29) is 4.90 Å². The Balaban J connectivity index is 1.84. The minimum absolute atomic E-state index is 0.0681. The zero-order valence-electron chi connectivity index (χ0n) is 14.9. The van der Waals surface area contributed by atoms with Crippen LogP contribution in [0.2, 0.25) is 0 Å². The van der Waals surface area contributed by atoms with Crippen LogP contribution in [0.15, 0.2) is 94.3 Å². The van der Waals surface area contributed by atoms with Crippen molar-refractivity contribution in [2.24, 2.45) is 5.14 Å². The topological polar surface area (TPSA) is 86.2 Å². The lowest BCUT2D eigenvalue weighted by Crippen LogP contribution is -2.11. The van der Waals surface area contributed by atoms with Gasteiger partial charge in [0.15, 0.2) is 5.76 Å². The van der Waals surface area contributed by atoms with Gasteiger partial charge < -0.3 is 4.52 Å². The van der Waals surface area contributed by atoms with Crippen LogP contribution in [0.3, 0.4) is 0 Å². The fourth-order valence-electron chi connectivity index (χ4n) is 3.13. The Morgan fingerprint density at radius 1 is 0.786 bits per heavy atom. The number of hydrogen-bond donors (Lipinski definition) is 1. The third kappa shape index (κ3) is 3.74. The van der Waals surface area contributed by atoms with Crippen molar-refractivity contribution in [3.05, 3.63) is 96.2 Å². The van der Waals surface area contributed by atoms with E-state index in [0.717, 1.165) is 27.9 Å². The molecule has 0 saturated heterocycles. The molecule has 0 atom stereocenters. The van der Waals surface area contributed by atoms with Crippen molar-refractivity contribution < 1.29 is 12.9 Å². The van der Waals surface area contributed by atoms with E-state index in [2.05, 4.69) is 5.16 Å². The van der Waals surface area contributed by atoms with E-state index < -0.39 is 10.0 Å². The molecule has 4 aromatic rings. The monoisotopic (exact) mass is 390 g/mol. The molecular weight excluding hydrogens is 372 g/mol. The van der Waals surface area contributed by atoms with Crippen LogP contribution in [-0.4, -0.2) is 13.6 Å². The van der Waals surface area contributed by atoms with Crippen LogP contribution in [0.1, 0.15) is 11.3 Å². The fraction of sp³-hybridized carbons (Fsp3) is 0.0455. The number of nitrogens with two attached hydrogens (primary N) is 1. The average molecular weight is 390 g/mol. The Kier molecular flexibility index (Phi) is 4.81. The van der Waals surface area contributed by atoms with Gasteiger partial charge in [-0.2, -0.15) is 0 Å².